The van der Waals surface area contributed by atoms with Crippen molar-refractivity contribution in [3.05, 3.63) is 58.5 Å². The van der Waals surface area contributed by atoms with E-state index in [1.165, 1.54) is 0 Å². The van der Waals surface area contributed by atoms with E-state index < -0.39 is 5.95 Å². The van der Waals surface area contributed by atoms with Gasteiger partial charge >= 0.3 is 0 Å². The number of hydrogen-bond acceptors (Lipinski definition) is 5. The zero-order valence-electron chi connectivity index (χ0n) is 13.3. The van der Waals surface area contributed by atoms with Crippen LogP contribution in [0.4, 0.5) is 10.2 Å². The Morgan fingerprint density at radius 3 is 2.83 bits per heavy atom. The van der Waals surface area contributed by atoms with Gasteiger partial charge in [0.15, 0.2) is 0 Å². The number of thiazole rings is 1. The molecule has 24 heavy (non-hydrogen) atoms. The molecule has 0 saturated carbocycles. The molecule has 3 rings (SSSR count). The number of allylic oxidation sites excluding steroid dienone is 2. The zero-order valence-corrected chi connectivity index (χ0v) is 14.1. The number of nitrogens with zero attached hydrogens (tertiary/aromatic N) is 2. The van der Waals surface area contributed by atoms with Crippen molar-refractivity contribution >= 4 is 39.5 Å². The van der Waals surface area contributed by atoms with Crippen molar-refractivity contribution in [3.63, 3.8) is 0 Å². The molecule has 0 bridgehead atoms. The zero-order chi connectivity index (χ0) is 17.1. The average molecular weight is 341 g/mol. The van der Waals surface area contributed by atoms with Gasteiger partial charge in [-0.25, -0.2) is 9.97 Å². The van der Waals surface area contributed by atoms with E-state index in [9.17, 15) is 4.39 Å². The van der Waals surface area contributed by atoms with Crippen molar-refractivity contribution in [2.75, 3.05) is 12.8 Å². The lowest BCUT2D eigenvalue weighted by Crippen LogP contribution is -1.94. The number of aromatic nitrogens is 2. The number of fused-ring (bicyclic) bond motifs is 1. The maximum Gasteiger partial charge on any atom is 0.222 e. The highest BCUT2D eigenvalue weighted by Crippen LogP contribution is 2.27. The van der Waals surface area contributed by atoms with Gasteiger partial charge in [-0.3, -0.25) is 0 Å². The van der Waals surface area contributed by atoms with Gasteiger partial charge in [-0.1, -0.05) is 11.6 Å². The van der Waals surface area contributed by atoms with Crippen LogP contribution in [0.1, 0.15) is 17.5 Å². The van der Waals surface area contributed by atoms with Crippen LogP contribution in [0.5, 0.6) is 5.75 Å². The molecule has 4 nitrogen and oxygen atoms in total. The minimum Gasteiger partial charge on any atom is -0.497 e. The summed E-state index contributed by atoms with van der Waals surface area (Å²) in [4.78, 5) is 8.15. The Labute approximate surface area is 143 Å². The third-order valence-electron chi connectivity index (χ3n) is 3.38. The molecule has 0 fully saturated rings. The highest BCUT2D eigenvalue weighted by atomic mass is 32.1. The molecule has 2 N–H and O–H groups in total. The predicted molar refractivity (Wildman–Crippen MR) is 97.5 cm³/mol. The first-order chi connectivity index (χ1) is 11.5. The summed E-state index contributed by atoms with van der Waals surface area (Å²) in [6, 6.07) is 8.96. The molecule has 2 aromatic heterocycles. The number of ether oxygens (including phenoxy) is 1. The summed E-state index contributed by atoms with van der Waals surface area (Å²) in [5.41, 5.74) is 7.67. The Morgan fingerprint density at radius 2 is 2.08 bits per heavy atom. The SMILES string of the molecule is COc1ccc2nc(/C=C/C(C)=C/c3ccc(N)nc3F)sc2c1. The summed E-state index contributed by atoms with van der Waals surface area (Å²) >= 11 is 1.57. The normalized spacial score (nSPS) is 12.2. The molecule has 3 aromatic rings. The number of anilines is 1. The third-order valence-corrected chi connectivity index (χ3v) is 4.37. The lowest BCUT2D eigenvalue weighted by atomic mass is 10.1. The standard InChI is InChI=1S/C18H16FN3OS/c1-11(9-12-4-7-16(20)22-18(12)19)3-8-17-21-14-6-5-13(23-2)10-15(14)24-17/h3-10H,1-2H3,(H2,20,22)/b8-3+,11-9+. The molecular formula is C18H16FN3OS. The Bertz CT molecular complexity index is 947. The lowest BCUT2D eigenvalue weighted by molar-refractivity contribution is 0.415. The van der Waals surface area contributed by atoms with Crippen LogP contribution in [0, 0.1) is 5.95 Å². The van der Waals surface area contributed by atoms with Gasteiger partial charge in [0.25, 0.3) is 0 Å². The number of rotatable bonds is 4. The first-order valence-corrected chi connectivity index (χ1v) is 8.10. The van der Waals surface area contributed by atoms with Crippen LogP contribution in [0.3, 0.4) is 0 Å². The molecular weight excluding hydrogens is 325 g/mol. The van der Waals surface area contributed by atoms with Crippen molar-refractivity contribution in [3.8, 4) is 5.75 Å². The Morgan fingerprint density at radius 1 is 1.25 bits per heavy atom. The second kappa shape index (κ2) is 6.80. The molecule has 0 aliphatic rings. The highest BCUT2D eigenvalue weighted by molar-refractivity contribution is 7.19. The molecule has 0 saturated heterocycles. The van der Waals surface area contributed by atoms with Crippen molar-refractivity contribution < 1.29 is 9.13 Å². The van der Waals surface area contributed by atoms with Gasteiger partial charge in [-0.05, 0) is 49.4 Å². The summed E-state index contributed by atoms with van der Waals surface area (Å²) in [5, 5.41) is 0.877. The Kier molecular flexibility index (Phi) is 4.57. The molecule has 0 amide bonds. The smallest absolute Gasteiger partial charge is 0.222 e. The highest BCUT2D eigenvalue weighted by Gasteiger charge is 2.03. The van der Waals surface area contributed by atoms with Gasteiger partial charge < -0.3 is 10.5 Å². The van der Waals surface area contributed by atoms with Crippen molar-refractivity contribution in [1.29, 1.82) is 0 Å². The summed E-state index contributed by atoms with van der Waals surface area (Å²) < 4.78 is 20.0. The molecule has 2 heterocycles. The molecule has 0 radical (unpaired) electrons. The molecule has 0 atom stereocenters. The molecule has 0 spiro atoms. The molecule has 6 heteroatoms. The maximum absolute atomic E-state index is 13.7. The molecule has 0 unspecified atom stereocenters. The third kappa shape index (κ3) is 3.60. The molecule has 0 aliphatic heterocycles. The summed E-state index contributed by atoms with van der Waals surface area (Å²) in [7, 11) is 1.64. The first-order valence-electron chi connectivity index (χ1n) is 7.28. The van der Waals surface area contributed by atoms with Gasteiger partial charge in [0.2, 0.25) is 5.95 Å². The number of hydrogen-bond donors (Lipinski definition) is 1. The number of nitrogens with two attached hydrogens (primary N) is 1. The summed E-state index contributed by atoms with van der Waals surface area (Å²) in [6.07, 6.45) is 5.52. The minimum atomic E-state index is -0.574. The molecule has 122 valence electrons. The van der Waals surface area contributed by atoms with Gasteiger partial charge in [-0.15, -0.1) is 11.3 Å². The van der Waals surface area contributed by atoms with Crippen LogP contribution >= 0.6 is 11.3 Å². The fourth-order valence-corrected chi connectivity index (χ4v) is 3.08. The van der Waals surface area contributed by atoms with Crippen LogP contribution < -0.4 is 10.5 Å². The summed E-state index contributed by atoms with van der Waals surface area (Å²) in [6.45, 7) is 1.89. The van der Waals surface area contributed by atoms with Crippen molar-refractivity contribution in [1.82, 2.24) is 9.97 Å². The second-order valence-electron chi connectivity index (χ2n) is 5.22. The Balaban J connectivity index is 1.83. The van der Waals surface area contributed by atoms with E-state index in [0.717, 1.165) is 26.5 Å². The quantitative estimate of drug-likeness (QED) is 0.559. The van der Waals surface area contributed by atoms with Crippen molar-refractivity contribution in [2.45, 2.75) is 6.92 Å². The summed E-state index contributed by atoms with van der Waals surface area (Å²) in [5.74, 6) is 0.404. The number of benzene rings is 1. The van der Waals surface area contributed by atoms with E-state index in [0.29, 0.717) is 5.56 Å². The van der Waals surface area contributed by atoms with Crippen LogP contribution in [0.25, 0.3) is 22.4 Å². The van der Waals surface area contributed by atoms with Gasteiger partial charge in [0.05, 0.1) is 17.3 Å². The van der Waals surface area contributed by atoms with Crippen LogP contribution in [0.15, 0.2) is 42.0 Å². The first kappa shape index (κ1) is 16.1. The number of pyridine rings is 1. The predicted octanol–water partition coefficient (Wildman–Crippen LogP) is 4.54. The monoisotopic (exact) mass is 341 g/mol. The lowest BCUT2D eigenvalue weighted by Gasteiger charge is -1.98. The topological polar surface area (TPSA) is 61.0 Å². The van der Waals surface area contributed by atoms with Gasteiger partial charge in [0, 0.05) is 5.56 Å². The molecule has 1 aromatic carbocycles. The second-order valence-corrected chi connectivity index (χ2v) is 6.29. The van der Waals surface area contributed by atoms with E-state index in [-0.39, 0.29) is 5.82 Å². The minimum absolute atomic E-state index is 0.169. The van der Waals surface area contributed by atoms with E-state index >= 15 is 0 Å². The fraction of sp³-hybridized carbons (Fsp3) is 0.111. The van der Waals surface area contributed by atoms with Crippen molar-refractivity contribution in [2.24, 2.45) is 0 Å². The van der Waals surface area contributed by atoms with Crippen LogP contribution in [-0.2, 0) is 0 Å². The van der Waals surface area contributed by atoms with Gasteiger partial charge in [0.1, 0.15) is 16.6 Å². The molecule has 0 aliphatic carbocycles. The van der Waals surface area contributed by atoms with Gasteiger partial charge in [-0.2, -0.15) is 4.39 Å². The average Bonchev–Trinajstić information content (AvgIpc) is 2.97. The number of methoxy groups -OCH3 is 1. The Hall–Kier alpha value is -2.73. The maximum atomic E-state index is 13.7. The van der Waals surface area contributed by atoms with Crippen LogP contribution in [0.2, 0.25) is 0 Å². The van der Waals surface area contributed by atoms with E-state index in [4.69, 9.17) is 10.5 Å². The van der Waals surface area contributed by atoms with E-state index in [1.54, 1.807) is 36.7 Å². The number of halogens is 1. The fourth-order valence-electron chi connectivity index (χ4n) is 2.18. The van der Waals surface area contributed by atoms with Crippen LogP contribution in [-0.4, -0.2) is 17.1 Å². The van der Waals surface area contributed by atoms with E-state index in [1.807, 2.05) is 37.3 Å². The van der Waals surface area contributed by atoms with E-state index in [2.05, 4.69) is 9.97 Å². The number of nitrogen functional groups attached to an aromatic ring is 1. The largest absolute Gasteiger partial charge is 0.497 e.